The van der Waals surface area contributed by atoms with Crippen molar-refractivity contribution < 1.29 is 17.9 Å². The molecular formula is C14H18N2O4S. The molecule has 0 aromatic heterocycles. The van der Waals surface area contributed by atoms with Crippen LogP contribution in [-0.2, 0) is 14.8 Å². The fourth-order valence-corrected chi connectivity index (χ4v) is 3.02. The molecule has 2 rings (SSSR count). The van der Waals surface area contributed by atoms with Gasteiger partial charge in [-0.3, -0.25) is 9.52 Å². The van der Waals surface area contributed by atoms with Crippen molar-refractivity contribution in [2.45, 2.75) is 19.4 Å². The van der Waals surface area contributed by atoms with Crippen LogP contribution in [0.5, 0.6) is 5.75 Å². The second-order valence-electron chi connectivity index (χ2n) is 5.33. The number of carbonyl (C=O) groups excluding carboxylic acids is 1. The van der Waals surface area contributed by atoms with E-state index in [9.17, 15) is 13.2 Å². The molecule has 1 aromatic rings. The Morgan fingerprint density at radius 1 is 1.43 bits per heavy atom. The molecule has 114 valence electrons. The van der Waals surface area contributed by atoms with Gasteiger partial charge >= 0.3 is 0 Å². The maximum Gasteiger partial charge on any atom is 0.270 e. The van der Waals surface area contributed by atoms with Crippen molar-refractivity contribution in [1.29, 1.82) is 0 Å². The summed E-state index contributed by atoms with van der Waals surface area (Å²) in [5.41, 5.74) is 0.000494. The molecule has 1 aromatic carbocycles. The molecule has 0 saturated heterocycles. The Bertz CT molecular complexity index is 695. The fourth-order valence-electron chi connectivity index (χ4n) is 2.14. The quantitative estimate of drug-likeness (QED) is 0.860. The maximum absolute atomic E-state index is 12.1. The molecule has 0 radical (unpaired) electrons. The van der Waals surface area contributed by atoms with Crippen molar-refractivity contribution >= 4 is 27.3 Å². The lowest BCUT2D eigenvalue weighted by Crippen LogP contribution is -2.50. The van der Waals surface area contributed by atoms with Crippen molar-refractivity contribution in [3.05, 3.63) is 30.9 Å². The molecule has 0 unspecified atom stereocenters. The number of hydrogen-bond donors (Lipinski definition) is 1. The zero-order chi connectivity index (χ0) is 15.8. The molecule has 0 spiro atoms. The Labute approximate surface area is 124 Å². The first-order valence-corrected chi connectivity index (χ1v) is 8.04. The molecule has 7 heteroatoms. The number of benzene rings is 1. The van der Waals surface area contributed by atoms with E-state index in [1.54, 1.807) is 39.1 Å². The fraction of sp³-hybridized carbons (Fsp3) is 0.357. The normalized spacial score (nSPS) is 16.9. The molecule has 1 aliphatic rings. The SMILES string of the molecule is C=CCS(=O)(=O)Nc1ccc2c(c1)OC(C)(C)C(=O)N2C. The van der Waals surface area contributed by atoms with Crippen LogP contribution in [0.15, 0.2) is 30.9 Å². The van der Waals surface area contributed by atoms with Crippen LogP contribution in [0.1, 0.15) is 13.8 Å². The van der Waals surface area contributed by atoms with Crippen LogP contribution in [-0.4, -0.2) is 32.7 Å². The molecule has 1 N–H and O–H groups in total. The van der Waals surface area contributed by atoms with Gasteiger partial charge in [0, 0.05) is 13.1 Å². The Morgan fingerprint density at radius 3 is 2.71 bits per heavy atom. The van der Waals surface area contributed by atoms with Crippen molar-refractivity contribution in [2.75, 3.05) is 22.4 Å². The smallest absolute Gasteiger partial charge is 0.270 e. The topological polar surface area (TPSA) is 75.7 Å². The summed E-state index contributed by atoms with van der Waals surface area (Å²) in [5, 5.41) is 0. The number of amides is 1. The van der Waals surface area contributed by atoms with Crippen LogP contribution in [0.25, 0.3) is 0 Å². The number of likely N-dealkylation sites (N-methyl/N-ethyl adjacent to an activating group) is 1. The number of anilines is 2. The minimum atomic E-state index is -3.47. The van der Waals surface area contributed by atoms with E-state index in [-0.39, 0.29) is 11.7 Å². The van der Waals surface area contributed by atoms with E-state index in [4.69, 9.17) is 4.74 Å². The molecule has 0 fully saturated rings. The zero-order valence-corrected chi connectivity index (χ0v) is 13.0. The molecule has 1 heterocycles. The van der Waals surface area contributed by atoms with Crippen LogP contribution in [0.2, 0.25) is 0 Å². The van der Waals surface area contributed by atoms with E-state index in [1.807, 2.05) is 0 Å². The minimum Gasteiger partial charge on any atom is -0.476 e. The average Bonchev–Trinajstić information content (AvgIpc) is 2.35. The number of nitrogens with one attached hydrogen (secondary N) is 1. The molecule has 1 aliphatic heterocycles. The lowest BCUT2D eigenvalue weighted by Gasteiger charge is -2.37. The molecule has 0 bridgehead atoms. The third kappa shape index (κ3) is 3.02. The Morgan fingerprint density at radius 2 is 2.10 bits per heavy atom. The summed E-state index contributed by atoms with van der Waals surface area (Å²) in [4.78, 5) is 13.6. The summed E-state index contributed by atoms with van der Waals surface area (Å²) >= 11 is 0. The zero-order valence-electron chi connectivity index (χ0n) is 12.2. The van der Waals surface area contributed by atoms with Gasteiger partial charge in [-0.05, 0) is 26.0 Å². The number of nitrogens with zero attached hydrogens (tertiary/aromatic N) is 1. The Kier molecular flexibility index (Phi) is 3.71. The molecule has 6 nitrogen and oxygen atoms in total. The summed E-state index contributed by atoms with van der Waals surface area (Å²) in [5.74, 6) is 0.130. The molecule has 21 heavy (non-hydrogen) atoms. The minimum absolute atomic E-state index is 0.157. The van der Waals surface area contributed by atoms with Gasteiger partial charge in [0.05, 0.1) is 17.1 Å². The predicted molar refractivity (Wildman–Crippen MR) is 82.2 cm³/mol. The van der Waals surface area contributed by atoms with Gasteiger partial charge in [-0.15, -0.1) is 6.58 Å². The Hall–Kier alpha value is -2.02. The summed E-state index contributed by atoms with van der Waals surface area (Å²) in [6, 6.07) is 4.81. The number of fused-ring (bicyclic) bond motifs is 1. The van der Waals surface area contributed by atoms with Gasteiger partial charge in [0.15, 0.2) is 5.60 Å². The van der Waals surface area contributed by atoms with Gasteiger partial charge in [-0.1, -0.05) is 6.08 Å². The molecular weight excluding hydrogens is 292 g/mol. The van der Waals surface area contributed by atoms with E-state index >= 15 is 0 Å². The van der Waals surface area contributed by atoms with Gasteiger partial charge in [-0.2, -0.15) is 0 Å². The van der Waals surface area contributed by atoms with Crippen molar-refractivity contribution in [3.63, 3.8) is 0 Å². The highest BCUT2D eigenvalue weighted by Gasteiger charge is 2.39. The monoisotopic (exact) mass is 310 g/mol. The molecule has 0 saturated carbocycles. The summed E-state index contributed by atoms with van der Waals surface area (Å²) < 4.78 is 31.6. The van der Waals surface area contributed by atoms with E-state index in [0.29, 0.717) is 17.1 Å². The van der Waals surface area contributed by atoms with Crippen LogP contribution >= 0.6 is 0 Å². The number of carbonyl (C=O) groups is 1. The van der Waals surface area contributed by atoms with Crippen molar-refractivity contribution in [3.8, 4) is 5.75 Å². The summed E-state index contributed by atoms with van der Waals surface area (Å²) in [6.45, 7) is 6.75. The van der Waals surface area contributed by atoms with E-state index in [2.05, 4.69) is 11.3 Å². The number of hydrogen-bond acceptors (Lipinski definition) is 4. The highest BCUT2D eigenvalue weighted by Crippen LogP contribution is 2.38. The molecule has 1 amide bonds. The van der Waals surface area contributed by atoms with Gasteiger partial charge in [0.2, 0.25) is 10.0 Å². The second kappa shape index (κ2) is 5.07. The van der Waals surface area contributed by atoms with E-state index in [1.165, 1.54) is 11.0 Å². The van der Waals surface area contributed by atoms with Gasteiger partial charge in [0.25, 0.3) is 5.91 Å². The first kappa shape index (κ1) is 15.4. The second-order valence-corrected chi connectivity index (χ2v) is 7.10. The highest BCUT2D eigenvalue weighted by atomic mass is 32.2. The van der Waals surface area contributed by atoms with Crippen LogP contribution in [0.3, 0.4) is 0 Å². The first-order valence-electron chi connectivity index (χ1n) is 6.39. The van der Waals surface area contributed by atoms with Crippen LogP contribution < -0.4 is 14.4 Å². The Balaban J connectivity index is 2.36. The van der Waals surface area contributed by atoms with E-state index < -0.39 is 15.6 Å². The lowest BCUT2D eigenvalue weighted by atomic mass is 10.0. The van der Waals surface area contributed by atoms with Crippen molar-refractivity contribution in [1.82, 2.24) is 0 Å². The third-order valence-corrected chi connectivity index (χ3v) is 4.34. The standard InChI is InChI=1S/C14H18N2O4S/c1-5-8-21(18,19)15-10-6-7-11-12(9-10)20-14(2,3)13(17)16(11)4/h5-7,9,15H,1,8H2,2-4H3. The summed E-state index contributed by atoms with van der Waals surface area (Å²) in [7, 11) is -1.81. The van der Waals surface area contributed by atoms with Crippen LogP contribution in [0.4, 0.5) is 11.4 Å². The average molecular weight is 310 g/mol. The van der Waals surface area contributed by atoms with Crippen molar-refractivity contribution in [2.24, 2.45) is 0 Å². The van der Waals surface area contributed by atoms with Gasteiger partial charge in [0.1, 0.15) is 5.75 Å². The van der Waals surface area contributed by atoms with Gasteiger partial charge < -0.3 is 9.64 Å². The van der Waals surface area contributed by atoms with E-state index in [0.717, 1.165) is 0 Å². The third-order valence-electron chi connectivity index (χ3n) is 3.12. The number of ether oxygens (including phenoxy) is 1. The first-order chi connectivity index (χ1) is 9.66. The van der Waals surface area contributed by atoms with Crippen LogP contribution in [0, 0.1) is 0 Å². The highest BCUT2D eigenvalue weighted by molar-refractivity contribution is 7.92. The maximum atomic E-state index is 12.1. The molecule has 0 aliphatic carbocycles. The molecule has 0 atom stereocenters. The lowest BCUT2D eigenvalue weighted by molar-refractivity contribution is -0.132. The van der Waals surface area contributed by atoms with Gasteiger partial charge in [-0.25, -0.2) is 8.42 Å². The summed E-state index contributed by atoms with van der Waals surface area (Å²) in [6.07, 6.45) is 1.31. The number of sulfonamides is 1. The largest absolute Gasteiger partial charge is 0.476 e. The predicted octanol–water partition coefficient (Wildman–Crippen LogP) is 1.75. The number of rotatable bonds is 4.